The molecule has 1 aliphatic heterocycles. The fraction of sp³-hybridized carbons (Fsp3) is 0.316. The molecular formula is C19H20N4O2S2. The van der Waals surface area contributed by atoms with E-state index in [0.717, 1.165) is 41.4 Å². The standard InChI is InChI=1S/C19H20N4O2S2/c1-13-15(18(25)22-5-8-26-9-6-22)3-2-4-16(13)20-12-14-11-17(24)23-7-10-27-19(23)21-14/h2-4,7,10-11,20H,5-6,8-9,12H2,1H3. The van der Waals surface area contributed by atoms with Gasteiger partial charge in [0.1, 0.15) is 0 Å². The van der Waals surface area contributed by atoms with Gasteiger partial charge in [-0.1, -0.05) is 6.07 Å². The number of nitrogens with one attached hydrogen (secondary N) is 1. The second-order valence-corrected chi connectivity index (χ2v) is 8.48. The van der Waals surface area contributed by atoms with Crippen LogP contribution in [0.1, 0.15) is 21.6 Å². The van der Waals surface area contributed by atoms with Crippen LogP contribution < -0.4 is 10.9 Å². The molecule has 0 radical (unpaired) electrons. The van der Waals surface area contributed by atoms with Gasteiger partial charge in [0, 0.05) is 53.5 Å². The fourth-order valence-electron chi connectivity index (χ4n) is 3.16. The largest absolute Gasteiger partial charge is 0.379 e. The second kappa shape index (κ2) is 7.74. The number of hydrogen-bond donors (Lipinski definition) is 1. The lowest BCUT2D eigenvalue weighted by Gasteiger charge is -2.27. The Hall–Kier alpha value is -2.32. The lowest BCUT2D eigenvalue weighted by molar-refractivity contribution is 0.0771. The van der Waals surface area contributed by atoms with Gasteiger partial charge in [0.15, 0.2) is 4.96 Å². The predicted molar refractivity (Wildman–Crippen MR) is 111 cm³/mol. The summed E-state index contributed by atoms with van der Waals surface area (Å²) in [5, 5.41) is 5.18. The van der Waals surface area contributed by atoms with E-state index in [1.165, 1.54) is 15.7 Å². The third kappa shape index (κ3) is 3.72. The van der Waals surface area contributed by atoms with Gasteiger partial charge in [-0.2, -0.15) is 11.8 Å². The normalized spacial score (nSPS) is 14.5. The van der Waals surface area contributed by atoms with Gasteiger partial charge in [0.05, 0.1) is 12.2 Å². The molecule has 27 heavy (non-hydrogen) atoms. The maximum Gasteiger partial charge on any atom is 0.258 e. The molecule has 0 spiro atoms. The Kier molecular flexibility index (Phi) is 5.18. The molecule has 1 N–H and O–H groups in total. The van der Waals surface area contributed by atoms with Crippen molar-refractivity contribution < 1.29 is 4.79 Å². The van der Waals surface area contributed by atoms with Gasteiger partial charge in [-0.25, -0.2) is 4.98 Å². The summed E-state index contributed by atoms with van der Waals surface area (Å²) in [4.78, 5) is 32.1. The molecular weight excluding hydrogens is 380 g/mol. The summed E-state index contributed by atoms with van der Waals surface area (Å²) in [5.41, 5.74) is 3.15. The van der Waals surface area contributed by atoms with Crippen LogP contribution in [-0.2, 0) is 6.54 Å². The van der Waals surface area contributed by atoms with Crippen LogP contribution in [0.4, 0.5) is 5.69 Å². The molecule has 1 saturated heterocycles. The first kappa shape index (κ1) is 18.1. The van der Waals surface area contributed by atoms with Crippen molar-refractivity contribution in [1.29, 1.82) is 0 Å². The number of carbonyl (C=O) groups is 1. The SMILES string of the molecule is Cc1c(NCc2cc(=O)n3ccsc3n2)cccc1C(=O)N1CCSCC1. The van der Waals surface area contributed by atoms with Crippen LogP contribution in [0, 0.1) is 6.92 Å². The molecule has 3 heterocycles. The van der Waals surface area contributed by atoms with Crippen LogP contribution in [0.3, 0.4) is 0 Å². The zero-order chi connectivity index (χ0) is 18.8. The highest BCUT2D eigenvalue weighted by Gasteiger charge is 2.20. The molecule has 1 fully saturated rings. The van der Waals surface area contributed by atoms with E-state index in [9.17, 15) is 9.59 Å². The van der Waals surface area contributed by atoms with E-state index in [1.54, 1.807) is 12.3 Å². The van der Waals surface area contributed by atoms with Crippen LogP contribution >= 0.6 is 23.1 Å². The van der Waals surface area contributed by atoms with Gasteiger partial charge in [-0.05, 0) is 24.6 Å². The number of nitrogens with zero attached hydrogens (tertiary/aromatic N) is 3. The number of benzene rings is 1. The molecule has 1 amide bonds. The number of thiazole rings is 1. The fourth-order valence-corrected chi connectivity index (χ4v) is 4.80. The van der Waals surface area contributed by atoms with Crippen molar-refractivity contribution in [3.05, 3.63) is 63.0 Å². The average Bonchev–Trinajstić information content (AvgIpc) is 3.17. The lowest BCUT2D eigenvalue weighted by atomic mass is 10.1. The van der Waals surface area contributed by atoms with E-state index < -0.39 is 0 Å². The van der Waals surface area contributed by atoms with Crippen molar-refractivity contribution in [2.24, 2.45) is 0 Å². The summed E-state index contributed by atoms with van der Waals surface area (Å²) in [7, 11) is 0. The second-order valence-electron chi connectivity index (χ2n) is 6.38. The number of thioether (sulfide) groups is 1. The van der Waals surface area contributed by atoms with Gasteiger partial charge in [-0.15, -0.1) is 11.3 Å². The van der Waals surface area contributed by atoms with Crippen LogP contribution in [0.2, 0.25) is 0 Å². The molecule has 6 nitrogen and oxygen atoms in total. The van der Waals surface area contributed by atoms with Crippen molar-refractivity contribution in [2.75, 3.05) is 29.9 Å². The first-order valence-corrected chi connectivity index (χ1v) is 10.8. The Morgan fingerprint density at radius 2 is 2.11 bits per heavy atom. The number of amides is 1. The molecule has 0 aliphatic carbocycles. The number of carbonyl (C=O) groups excluding carboxylic acids is 1. The smallest absolute Gasteiger partial charge is 0.258 e. The van der Waals surface area contributed by atoms with E-state index in [1.807, 2.05) is 47.2 Å². The van der Waals surface area contributed by atoms with Crippen LogP contribution in [0.25, 0.3) is 4.96 Å². The molecule has 0 saturated carbocycles. The highest BCUT2D eigenvalue weighted by atomic mass is 32.2. The average molecular weight is 401 g/mol. The Bertz CT molecular complexity index is 1040. The first-order chi connectivity index (χ1) is 13.1. The number of fused-ring (bicyclic) bond motifs is 1. The van der Waals surface area contributed by atoms with Crippen LogP contribution in [0.15, 0.2) is 40.6 Å². The van der Waals surface area contributed by atoms with E-state index >= 15 is 0 Å². The summed E-state index contributed by atoms with van der Waals surface area (Å²) >= 11 is 3.32. The zero-order valence-electron chi connectivity index (χ0n) is 15.0. The Morgan fingerprint density at radius 3 is 2.93 bits per heavy atom. The van der Waals surface area contributed by atoms with E-state index in [-0.39, 0.29) is 11.5 Å². The summed E-state index contributed by atoms with van der Waals surface area (Å²) in [5.74, 6) is 2.08. The molecule has 0 atom stereocenters. The number of anilines is 1. The molecule has 4 rings (SSSR count). The van der Waals surface area contributed by atoms with Crippen molar-refractivity contribution in [3.63, 3.8) is 0 Å². The van der Waals surface area contributed by atoms with Crippen molar-refractivity contribution >= 4 is 39.7 Å². The maximum absolute atomic E-state index is 12.8. The van der Waals surface area contributed by atoms with Crippen LogP contribution in [0.5, 0.6) is 0 Å². The van der Waals surface area contributed by atoms with Gasteiger partial charge in [0.2, 0.25) is 0 Å². The maximum atomic E-state index is 12.8. The highest BCUT2D eigenvalue weighted by Crippen LogP contribution is 2.22. The topological polar surface area (TPSA) is 66.7 Å². The van der Waals surface area contributed by atoms with Crippen LogP contribution in [-0.4, -0.2) is 44.8 Å². The summed E-state index contributed by atoms with van der Waals surface area (Å²) in [6, 6.07) is 7.27. The Morgan fingerprint density at radius 1 is 1.30 bits per heavy atom. The molecule has 1 aromatic carbocycles. The number of aromatic nitrogens is 2. The minimum atomic E-state index is -0.0818. The number of hydrogen-bond acceptors (Lipinski definition) is 6. The molecule has 2 aromatic heterocycles. The number of rotatable bonds is 4. The van der Waals surface area contributed by atoms with Crippen molar-refractivity contribution in [2.45, 2.75) is 13.5 Å². The summed E-state index contributed by atoms with van der Waals surface area (Å²) < 4.78 is 1.54. The lowest BCUT2D eigenvalue weighted by Crippen LogP contribution is -2.38. The predicted octanol–water partition coefficient (Wildman–Crippen LogP) is 2.87. The Labute approximate surface area is 165 Å². The van der Waals surface area contributed by atoms with E-state index in [2.05, 4.69) is 10.3 Å². The quantitative estimate of drug-likeness (QED) is 0.729. The van der Waals surface area contributed by atoms with Gasteiger partial charge < -0.3 is 10.2 Å². The van der Waals surface area contributed by atoms with Crippen molar-refractivity contribution in [3.8, 4) is 0 Å². The molecule has 1 aliphatic rings. The van der Waals surface area contributed by atoms with Gasteiger partial charge >= 0.3 is 0 Å². The molecule has 3 aromatic rings. The van der Waals surface area contributed by atoms with Gasteiger partial charge in [-0.3, -0.25) is 14.0 Å². The molecule has 8 heteroatoms. The zero-order valence-corrected chi connectivity index (χ0v) is 16.6. The molecule has 140 valence electrons. The first-order valence-electron chi connectivity index (χ1n) is 8.80. The highest BCUT2D eigenvalue weighted by molar-refractivity contribution is 7.99. The third-order valence-electron chi connectivity index (χ3n) is 4.68. The monoisotopic (exact) mass is 400 g/mol. The molecule has 0 unspecified atom stereocenters. The molecule has 0 bridgehead atoms. The third-order valence-corrected chi connectivity index (χ3v) is 6.38. The van der Waals surface area contributed by atoms with Gasteiger partial charge in [0.25, 0.3) is 11.5 Å². The summed E-state index contributed by atoms with van der Waals surface area (Å²) in [6.07, 6.45) is 1.73. The minimum Gasteiger partial charge on any atom is -0.379 e. The van der Waals surface area contributed by atoms with E-state index in [4.69, 9.17) is 0 Å². The van der Waals surface area contributed by atoms with E-state index in [0.29, 0.717) is 17.2 Å². The van der Waals surface area contributed by atoms with Crippen molar-refractivity contribution in [1.82, 2.24) is 14.3 Å². The Balaban J connectivity index is 1.53. The minimum absolute atomic E-state index is 0.0818. The summed E-state index contributed by atoms with van der Waals surface area (Å²) in [6.45, 7) is 3.99.